The Morgan fingerprint density at radius 2 is 2.03 bits per heavy atom. The van der Waals surface area contributed by atoms with Crippen LogP contribution in [0.3, 0.4) is 0 Å². The van der Waals surface area contributed by atoms with E-state index in [0.29, 0.717) is 17.9 Å². The quantitative estimate of drug-likeness (QED) is 0.597. The maximum atomic E-state index is 13.9. The number of nitrogens with zero attached hydrogens (tertiary/aromatic N) is 1. The molecule has 29 heavy (non-hydrogen) atoms. The molecule has 1 saturated heterocycles. The number of benzene rings is 2. The van der Waals surface area contributed by atoms with Gasteiger partial charge in [0.2, 0.25) is 0 Å². The van der Waals surface area contributed by atoms with Crippen LogP contribution in [0.1, 0.15) is 29.0 Å². The Bertz CT molecular complexity index is 1030. The highest BCUT2D eigenvalue weighted by molar-refractivity contribution is 9.10. The topological polar surface area (TPSA) is 54.7 Å². The fraction of sp³-hybridized carbons (Fsp3) is 0.318. The molecule has 2 heterocycles. The van der Waals surface area contributed by atoms with Crippen molar-refractivity contribution in [3.05, 3.63) is 64.1 Å². The van der Waals surface area contributed by atoms with E-state index in [-0.39, 0.29) is 23.5 Å². The van der Waals surface area contributed by atoms with E-state index in [1.165, 1.54) is 13.2 Å². The van der Waals surface area contributed by atoms with Crippen LogP contribution in [0.25, 0.3) is 11.0 Å². The fourth-order valence-corrected chi connectivity index (χ4v) is 4.06. The number of amides is 1. The normalized spacial score (nSPS) is 15.6. The SMILES string of the molecule is COc1ccc(CN2CCC(NC(=O)c3cc4cc(Br)ccc4o3)CC2)cc1F. The second-order valence-electron chi connectivity index (χ2n) is 7.29. The lowest BCUT2D eigenvalue weighted by Crippen LogP contribution is -2.44. The average Bonchev–Trinajstić information content (AvgIpc) is 3.13. The Balaban J connectivity index is 1.31. The first-order chi connectivity index (χ1) is 14.0. The van der Waals surface area contributed by atoms with E-state index in [1.54, 1.807) is 12.1 Å². The number of methoxy groups -OCH3 is 1. The van der Waals surface area contributed by atoms with Crippen LogP contribution >= 0.6 is 15.9 Å². The minimum absolute atomic E-state index is 0.103. The van der Waals surface area contributed by atoms with Gasteiger partial charge in [0, 0.05) is 35.5 Å². The zero-order valence-electron chi connectivity index (χ0n) is 16.1. The number of hydrogen-bond acceptors (Lipinski definition) is 4. The molecule has 0 aliphatic carbocycles. The molecular weight excluding hydrogens is 439 g/mol. The van der Waals surface area contributed by atoms with Gasteiger partial charge in [-0.1, -0.05) is 22.0 Å². The van der Waals surface area contributed by atoms with Gasteiger partial charge in [0.25, 0.3) is 5.91 Å². The van der Waals surface area contributed by atoms with Gasteiger partial charge in [-0.2, -0.15) is 0 Å². The summed E-state index contributed by atoms with van der Waals surface area (Å²) >= 11 is 3.42. The van der Waals surface area contributed by atoms with Crippen molar-refractivity contribution in [3.8, 4) is 5.75 Å². The third-order valence-corrected chi connectivity index (χ3v) is 5.74. The highest BCUT2D eigenvalue weighted by atomic mass is 79.9. The van der Waals surface area contributed by atoms with E-state index in [1.807, 2.05) is 24.3 Å². The number of piperidine rings is 1. The zero-order valence-corrected chi connectivity index (χ0v) is 17.7. The summed E-state index contributed by atoms with van der Waals surface area (Å²) in [6, 6.07) is 12.6. The van der Waals surface area contributed by atoms with E-state index in [2.05, 4.69) is 26.1 Å². The summed E-state index contributed by atoms with van der Waals surface area (Å²) < 4.78 is 25.4. The molecule has 0 radical (unpaired) electrons. The molecule has 5 nitrogen and oxygen atoms in total. The number of halogens is 2. The van der Waals surface area contributed by atoms with Gasteiger partial charge in [0.05, 0.1) is 7.11 Å². The average molecular weight is 461 g/mol. The van der Waals surface area contributed by atoms with Crippen LogP contribution in [0.5, 0.6) is 5.75 Å². The maximum Gasteiger partial charge on any atom is 0.287 e. The van der Waals surface area contributed by atoms with Gasteiger partial charge in [0.15, 0.2) is 17.3 Å². The monoisotopic (exact) mass is 460 g/mol. The molecule has 0 unspecified atom stereocenters. The van der Waals surface area contributed by atoms with Gasteiger partial charge in [-0.15, -0.1) is 0 Å². The van der Waals surface area contributed by atoms with Crippen LogP contribution < -0.4 is 10.1 Å². The summed E-state index contributed by atoms with van der Waals surface area (Å²) in [5.41, 5.74) is 1.61. The predicted octanol–water partition coefficient (Wildman–Crippen LogP) is 4.74. The summed E-state index contributed by atoms with van der Waals surface area (Å²) in [6.45, 7) is 2.36. The Kier molecular flexibility index (Phi) is 5.87. The molecule has 0 saturated carbocycles. The largest absolute Gasteiger partial charge is 0.494 e. The van der Waals surface area contributed by atoms with Crippen molar-refractivity contribution in [2.75, 3.05) is 20.2 Å². The van der Waals surface area contributed by atoms with Crippen LogP contribution in [0, 0.1) is 5.82 Å². The smallest absolute Gasteiger partial charge is 0.287 e. The minimum atomic E-state index is -0.343. The molecule has 152 valence electrons. The molecule has 1 fully saturated rings. The third kappa shape index (κ3) is 4.62. The number of nitrogens with one attached hydrogen (secondary N) is 1. The molecule has 3 aromatic rings. The van der Waals surface area contributed by atoms with Gasteiger partial charge in [-0.05, 0) is 54.8 Å². The van der Waals surface area contributed by atoms with Crippen LogP contribution in [0.2, 0.25) is 0 Å². The zero-order chi connectivity index (χ0) is 20.4. The first-order valence-corrected chi connectivity index (χ1v) is 10.4. The number of ether oxygens (including phenoxy) is 1. The van der Waals surface area contributed by atoms with Crippen LogP contribution in [-0.4, -0.2) is 37.0 Å². The Morgan fingerprint density at radius 1 is 1.24 bits per heavy atom. The van der Waals surface area contributed by atoms with Gasteiger partial charge in [0.1, 0.15) is 5.58 Å². The van der Waals surface area contributed by atoms with Crippen molar-refractivity contribution in [3.63, 3.8) is 0 Å². The first-order valence-electron chi connectivity index (χ1n) is 9.56. The lowest BCUT2D eigenvalue weighted by Gasteiger charge is -2.32. The number of fused-ring (bicyclic) bond motifs is 1. The van der Waals surface area contributed by atoms with Gasteiger partial charge in [-0.3, -0.25) is 9.69 Å². The number of carbonyl (C=O) groups excluding carboxylic acids is 1. The first kappa shape index (κ1) is 19.9. The van der Waals surface area contributed by atoms with Gasteiger partial charge < -0.3 is 14.5 Å². The van der Waals surface area contributed by atoms with Crippen LogP contribution in [0.15, 0.2) is 51.4 Å². The van der Waals surface area contributed by atoms with Crippen molar-refractivity contribution in [1.82, 2.24) is 10.2 Å². The molecule has 1 amide bonds. The third-order valence-electron chi connectivity index (χ3n) is 5.25. The molecule has 1 N–H and O–H groups in total. The Morgan fingerprint density at radius 3 is 2.76 bits per heavy atom. The molecule has 0 spiro atoms. The summed E-state index contributed by atoms with van der Waals surface area (Å²) in [7, 11) is 1.46. The number of hydrogen-bond donors (Lipinski definition) is 1. The second-order valence-corrected chi connectivity index (χ2v) is 8.20. The molecule has 7 heteroatoms. The molecule has 0 bridgehead atoms. The van der Waals surface area contributed by atoms with Gasteiger partial charge in [-0.25, -0.2) is 4.39 Å². The maximum absolute atomic E-state index is 13.9. The van der Waals surface area contributed by atoms with E-state index in [9.17, 15) is 9.18 Å². The lowest BCUT2D eigenvalue weighted by molar-refractivity contribution is 0.0883. The number of carbonyl (C=O) groups is 1. The fourth-order valence-electron chi connectivity index (χ4n) is 3.68. The number of rotatable bonds is 5. The molecular formula is C22H22BrFN2O3. The standard InChI is InChI=1S/C22H22BrFN2O3/c1-28-20-4-2-14(10-18(20)24)13-26-8-6-17(7-9-26)25-22(27)21-12-15-11-16(23)3-5-19(15)29-21/h2-5,10-12,17H,6-9,13H2,1H3,(H,25,27). The highest BCUT2D eigenvalue weighted by Gasteiger charge is 2.23. The van der Waals surface area contributed by atoms with Crippen LogP contribution in [-0.2, 0) is 6.54 Å². The number of likely N-dealkylation sites (tertiary alicyclic amines) is 1. The summed E-state index contributed by atoms with van der Waals surface area (Å²) in [5.74, 6) is 0.0559. The summed E-state index contributed by atoms with van der Waals surface area (Å²) in [4.78, 5) is 14.8. The molecule has 0 atom stereocenters. The minimum Gasteiger partial charge on any atom is -0.494 e. The van der Waals surface area contributed by atoms with E-state index in [4.69, 9.17) is 9.15 Å². The molecule has 1 aliphatic rings. The van der Waals surface area contributed by atoms with E-state index >= 15 is 0 Å². The van der Waals surface area contributed by atoms with Crippen molar-refractivity contribution in [2.24, 2.45) is 0 Å². The Hall–Kier alpha value is -2.38. The summed E-state index contributed by atoms with van der Waals surface area (Å²) in [6.07, 6.45) is 1.69. The van der Waals surface area contributed by atoms with Crippen molar-refractivity contribution < 1.29 is 18.3 Å². The highest BCUT2D eigenvalue weighted by Crippen LogP contribution is 2.24. The van der Waals surface area contributed by atoms with Crippen LogP contribution in [0.4, 0.5) is 4.39 Å². The predicted molar refractivity (Wildman–Crippen MR) is 113 cm³/mol. The lowest BCUT2D eigenvalue weighted by atomic mass is 10.0. The Labute approximate surface area is 176 Å². The van der Waals surface area contributed by atoms with Crippen molar-refractivity contribution in [2.45, 2.75) is 25.4 Å². The molecule has 2 aromatic carbocycles. The van der Waals surface area contributed by atoms with Crippen molar-refractivity contribution in [1.29, 1.82) is 0 Å². The van der Waals surface area contributed by atoms with E-state index < -0.39 is 0 Å². The molecule has 1 aliphatic heterocycles. The summed E-state index contributed by atoms with van der Waals surface area (Å²) in [5, 5.41) is 3.97. The van der Waals surface area contributed by atoms with E-state index in [0.717, 1.165) is 41.4 Å². The van der Waals surface area contributed by atoms with Gasteiger partial charge >= 0.3 is 0 Å². The molecule has 4 rings (SSSR count). The number of furan rings is 1. The second kappa shape index (κ2) is 8.55. The molecule has 1 aromatic heterocycles. The van der Waals surface area contributed by atoms with Crippen molar-refractivity contribution >= 4 is 32.8 Å².